The first-order valence-corrected chi connectivity index (χ1v) is 8.74. The van der Waals surface area contributed by atoms with Crippen LogP contribution in [0.2, 0.25) is 0 Å². The van der Waals surface area contributed by atoms with Crippen molar-refractivity contribution in [3.63, 3.8) is 0 Å². The fraction of sp³-hybridized carbons (Fsp3) is 0.238. The highest BCUT2D eigenvalue weighted by Gasteiger charge is 2.18. The van der Waals surface area contributed by atoms with Gasteiger partial charge in [0.2, 0.25) is 6.41 Å². The van der Waals surface area contributed by atoms with Crippen LogP contribution in [0.3, 0.4) is 0 Å². The number of carbonyl (C=O) groups is 1. The van der Waals surface area contributed by atoms with Gasteiger partial charge in [0.05, 0.1) is 30.4 Å². The zero-order chi connectivity index (χ0) is 19.2. The number of aryl methyl sites for hydroxylation is 1. The minimum absolute atomic E-state index is 0.399. The van der Waals surface area contributed by atoms with E-state index in [0.29, 0.717) is 30.9 Å². The van der Waals surface area contributed by atoms with E-state index in [2.05, 4.69) is 22.9 Å². The Morgan fingerprint density at radius 3 is 2.56 bits per heavy atom. The Balaban J connectivity index is 2.00. The second kappa shape index (κ2) is 8.28. The van der Waals surface area contributed by atoms with Crippen LogP contribution in [0, 0.1) is 11.3 Å². The lowest BCUT2D eigenvalue weighted by molar-refractivity contribution is -0.109. The molecule has 0 aliphatic heterocycles. The molecule has 1 heterocycles. The van der Waals surface area contributed by atoms with Crippen molar-refractivity contribution in [3.05, 3.63) is 48.0 Å². The largest absolute Gasteiger partial charge is 0.497 e. The van der Waals surface area contributed by atoms with Crippen molar-refractivity contribution < 1.29 is 14.3 Å². The summed E-state index contributed by atoms with van der Waals surface area (Å²) >= 11 is 0. The van der Waals surface area contributed by atoms with Gasteiger partial charge < -0.3 is 19.4 Å². The van der Waals surface area contributed by atoms with Gasteiger partial charge in [-0.3, -0.25) is 4.79 Å². The van der Waals surface area contributed by atoms with E-state index in [4.69, 9.17) is 9.47 Å². The summed E-state index contributed by atoms with van der Waals surface area (Å²) < 4.78 is 13.1. The molecule has 1 amide bonds. The Hall–Kier alpha value is -3.46. The molecule has 0 fully saturated rings. The zero-order valence-corrected chi connectivity index (χ0v) is 15.4. The van der Waals surface area contributed by atoms with Crippen LogP contribution in [0.15, 0.2) is 42.5 Å². The number of carbonyl (C=O) groups excluding carboxylic acids is 1. The number of nitrogens with zero attached hydrogens (tertiary/aromatic N) is 2. The van der Waals surface area contributed by atoms with Crippen LogP contribution in [-0.2, 0) is 11.3 Å². The van der Waals surface area contributed by atoms with Crippen LogP contribution in [0.25, 0.3) is 22.2 Å². The topological polar surface area (TPSA) is 76.3 Å². The average molecular weight is 363 g/mol. The van der Waals surface area contributed by atoms with Crippen molar-refractivity contribution in [1.82, 2.24) is 9.88 Å². The van der Waals surface area contributed by atoms with E-state index in [1.807, 2.05) is 42.5 Å². The minimum Gasteiger partial charge on any atom is -0.497 e. The smallest absolute Gasteiger partial charge is 0.207 e. The summed E-state index contributed by atoms with van der Waals surface area (Å²) in [5, 5.41) is 13.2. The summed E-state index contributed by atoms with van der Waals surface area (Å²) in [4.78, 5) is 10.2. The molecule has 1 aromatic heterocycles. The van der Waals surface area contributed by atoms with Gasteiger partial charge in [0.15, 0.2) is 0 Å². The molecule has 0 saturated carbocycles. The summed E-state index contributed by atoms with van der Waals surface area (Å²) in [6.07, 6.45) is 0.647. The summed E-state index contributed by atoms with van der Waals surface area (Å²) in [5.41, 5.74) is 3.46. The Labute approximate surface area is 157 Å². The molecule has 0 unspecified atom stereocenters. The van der Waals surface area contributed by atoms with E-state index in [-0.39, 0.29) is 0 Å². The van der Waals surface area contributed by atoms with Gasteiger partial charge in [-0.25, -0.2) is 0 Å². The maximum absolute atomic E-state index is 10.2. The number of nitrogens with one attached hydrogen (secondary N) is 1. The number of fused-ring (bicyclic) bond motifs is 1. The lowest BCUT2D eigenvalue weighted by Crippen LogP contribution is -2.18. The van der Waals surface area contributed by atoms with Gasteiger partial charge in [0, 0.05) is 18.0 Å². The average Bonchev–Trinajstić information content (AvgIpc) is 3.04. The molecule has 6 heteroatoms. The highest BCUT2D eigenvalue weighted by molar-refractivity contribution is 5.95. The lowest BCUT2D eigenvalue weighted by Gasteiger charge is -2.10. The third kappa shape index (κ3) is 3.58. The number of amides is 1. The molecule has 0 bridgehead atoms. The summed E-state index contributed by atoms with van der Waals surface area (Å²) in [5.74, 6) is 1.48. The van der Waals surface area contributed by atoms with Crippen LogP contribution in [0.5, 0.6) is 11.5 Å². The van der Waals surface area contributed by atoms with E-state index in [1.165, 1.54) is 0 Å². The van der Waals surface area contributed by atoms with Gasteiger partial charge in [-0.05, 0) is 48.9 Å². The van der Waals surface area contributed by atoms with Gasteiger partial charge in [-0.2, -0.15) is 5.26 Å². The van der Waals surface area contributed by atoms with E-state index in [9.17, 15) is 10.1 Å². The molecule has 1 N–H and O–H groups in total. The predicted molar refractivity (Wildman–Crippen MR) is 104 cm³/mol. The summed E-state index contributed by atoms with van der Waals surface area (Å²) in [7, 11) is 1.63. The molecule has 0 aliphatic carbocycles. The number of ether oxygens (including phenoxy) is 2. The zero-order valence-electron chi connectivity index (χ0n) is 15.4. The third-order valence-electron chi connectivity index (χ3n) is 4.43. The van der Waals surface area contributed by atoms with Gasteiger partial charge in [-0.15, -0.1) is 0 Å². The SMILES string of the molecule is CCn1c(-c2ccc(OCCNC=O)cc2)c(C#N)c2ccc(OC)cc21. The maximum Gasteiger partial charge on any atom is 0.207 e. The van der Waals surface area contributed by atoms with Gasteiger partial charge in [0.25, 0.3) is 0 Å². The first kappa shape index (κ1) is 18.3. The van der Waals surface area contributed by atoms with E-state index in [1.54, 1.807) is 7.11 Å². The van der Waals surface area contributed by atoms with Crippen molar-refractivity contribution in [1.29, 1.82) is 5.26 Å². The summed E-state index contributed by atoms with van der Waals surface area (Å²) in [6, 6.07) is 15.8. The molecule has 0 saturated heterocycles. The van der Waals surface area contributed by atoms with Crippen molar-refractivity contribution in [2.45, 2.75) is 13.5 Å². The normalized spacial score (nSPS) is 10.4. The highest BCUT2D eigenvalue weighted by Crippen LogP contribution is 2.35. The van der Waals surface area contributed by atoms with E-state index in [0.717, 1.165) is 34.5 Å². The highest BCUT2D eigenvalue weighted by atomic mass is 16.5. The second-order valence-corrected chi connectivity index (χ2v) is 5.91. The van der Waals surface area contributed by atoms with Crippen molar-refractivity contribution in [3.8, 4) is 28.8 Å². The lowest BCUT2D eigenvalue weighted by atomic mass is 10.1. The maximum atomic E-state index is 10.2. The first-order valence-electron chi connectivity index (χ1n) is 8.74. The quantitative estimate of drug-likeness (QED) is 0.492. The molecule has 2 aromatic carbocycles. The monoisotopic (exact) mass is 363 g/mol. The molecule has 3 aromatic rings. The van der Waals surface area contributed by atoms with E-state index >= 15 is 0 Å². The van der Waals surface area contributed by atoms with E-state index < -0.39 is 0 Å². The molecule has 6 nitrogen and oxygen atoms in total. The van der Waals surface area contributed by atoms with Crippen LogP contribution in [-0.4, -0.2) is 31.2 Å². The predicted octanol–water partition coefficient (Wildman–Crippen LogP) is 3.33. The number of hydrogen-bond acceptors (Lipinski definition) is 4. The fourth-order valence-electron chi connectivity index (χ4n) is 3.19. The Morgan fingerprint density at radius 1 is 1.19 bits per heavy atom. The summed E-state index contributed by atoms with van der Waals surface area (Å²) in [6.45, 7) is 3.64. The van der Waals surface area contributed by atoms with Crippen molar-refractivity contribution >= 4 is 17.3 Å². The Morgan fingerprint density at radius 2 is 1.93 bits per heavy atom. The molecule has 27 heavy (non-hydrogen) atoms. The Bertz CT molecular complexity index is 985. The number of methoxy groups -OCH3 is 1. The molecule has 0 spiro atoms. The van der Waals surface area contributed by atoms with Gasteiger partial charge in [0.1, 0.15) is 24.2 Å². The molecular formula is C21H21N3O3. The van der Waals surface area contributed by atoms with Crippen LogP contribution in [0.1, 0.15) is 12.5 Å². The number of aromatic nitrogens is 1. The third-order valence-corrected chi connectivity index (χ3v) is 4.43. The fourth-order valence-corrected chi connectivity index (χ4v) is 3.19. The van der Waals surface area contributed by atoms with Crippen LogP contribution >= 0.6 is 0 Å². The number of benzene rings is 2. The standard InChI is InChI=1S/C21H21N3O3/c1-3-24-20-12-17(26-2)8-9-18(20)19(13-22)21(24)15-4-6-16(7-5-15)27-11-10-23-14-25/h4-9,12,14H,3,10-11H2,1-2H3,(H,23,25). The van der Waals surface area contributed by atoms with Crippen molar-refractivity contribution in [2.24, 2.45) is 0 Å². The molecule has 0 aliphatic rings. The molecule has 0 radical (unpaired) electrons. The second-order valence-electron chi connectivity index (χ2n) is 5.91. The number of hydrogen-bond donors (Lipinski definition) is 1. The minimum atomic E-state index is 0.399. The van der Waals surface area contributed by atoms with Crippen LogP contribution < -0.4 is 14.8 Å². The number of nitriles is 1. The molecule has 0 atom stereocenters. The van der Waals surface area contributed by atoms with Crippen LogP contribution in [0.4, 0.5) is 0 Å². The Kier molecular flexibility index (Phi) is 5.62. The number of rotatable bonds is 8. The van der Waals surface area contributed by atoms with Crippen molar-refractivity contribution in [2.75, 3.05) is 20.3 Å². The van der Waals surface area contributed by atoms with Gasteiger partial charge >= 0.3 is 0 Å². The molecular weight excluding hydrogens is 342 g/mol. The first-order chi connectivity index (χ1) is 13.2. The van der Waals surface area contributed by atoms with Gasteiger partial charge in [-0.1, -0.05) is 0 Å². The molecule has 3 rings (SSSR count). The molecule has 138 valence electrons.